The molecule has 3 fully saturated rings. The van der Waals surface area contributed by atoms with E-state index in [1.807, 2.05) is 44.2 Å². The van der Waals surface area contributed by atoms with Crippen molar-refractivity contribution in [1.29, 1.82) is 0 Å². The molecule has 49 heavy (non-hydrogen) atoms. The second-order valence-electron chi connectivity index (χ2n) is 14.1. The minimum atomic E-state index is -1.29. The summed E-state index contributed by atoms with van der Waals surface area (Å²) in [4.78, 5) is 59.5. The summed E-state index contributed by atoms with van der Waals surface area (Å²) in [7, 11) is 0. The second-order valence-corrected chi connectivity index (χ2v) is 15.3. The van der Waals surface area contributed by atoms with Gasteiger partial charge in [0.2, 0.25) is 17.7 Å². The molecule has 1 aromatic rings. The number of hydrogen-bond donors (Lipinski definition) is 2. The number of alkyl halides is 1. The van der Waals surface area contributed by atoms with E-state index in [4.69, 9.17) is 9.47 Å². The number of rotatable bonds is 19. The summed E-state index contributed by atoms with van der Waals surface area (Å²) in [5.74, 6) is -3.32. The van der Waals surface area contributed by atoms with Gasteiger partial charge in [-0.2, -0.15) is 0 Å². The highest BCUT2D eigenvalue weighted by Crippen LogP contribution is 2.61. The number of aliphatic hydroxyl groups excluding tert-OH is 1. The van der Waals surface area contributed by atoms with Crippen molar-refractivity contribution in [1.82, 2.24) is 15.1 Å². The Hall–Kier alpha value is -3.02. The van der Waals surface area contributed by atoms with Gasteiger partial charge in [-0.15, -0.1) is 13.2 Å². The summed E-state index contributed by atoms with van der Waals surface area (Å²) in [6, 6.07) is 6.94. The summed E-state index contributed by atoms with van der Waals surface area (Å²) >= 11 is 3.74. The van der Waals surface area contributed by atoms with Crippen LogP contribution in [0.5, 0.6) is 0 Å². The molecule has 1 aromatic carbocycles. The molecule has 3 aliphatic rings. The standard InChI is InChI=1S/C38H54BrN3O7/c1-7-10-15-20-41(19-9-3)36(46)34-38-22-28(39)33(49-38)30(31(38)35(45)42(34)27(23-43)21-24(4)5)37(47)48-32(26-16-13-12-14-17-26)25(6)40-29(44)18-11-8-2/h8-9,12-14,16-17,24-25,27-28,30-34,43H,2-3,7,10-11,15,18-23H2,1,4-6H3,(H,40,44)/t25-,27-,28?,30-,31+,32-,33-,34-,38+/m1/s1. The molecule has 4 rings (SSSR count). The van der Waals surface area contributed by atoms with E-state index in [-0.39, 0.29) is 41.5 Å². The Bertz CT molecular complexity index is 1340. The molecule has 3 heterocycles. The number of amides is 3. The third kappa shape index (κ3) is 8.15. The number of nitrogens with zero attached hydrogens (tertiary/aromatic N) is 2. The quantitative estimate of drug-likeness (QED) is 0.0875. The van der Waals surface area contributed by atoms with E-state index in [0.717, 1.165) is 19.3 Å². The Morgan fingerprint density at radius 2 is 1.90 bits per heavy atom. The Labute approximate surface area is 299 Å². The smallest absolute Gasteiger partial charge is 0.313 e. The summed E-state index contributed by atoms with van der Waals surface area (Å²) in [5, 5.41) is 13.6. The normalized spacial score (nSPS) is 27.4. The number of halogens is 1. The summed E-state index contributed by atoms with van der Waals surface area (Å²) in [5.41, 5.74) is -0.601. The number of allylic oxidation sites excluding steroid dienone is 1. The van der Waals surface area contributed by atoms with Crippen molar-refractivity contribution >= 4 is 39.6 Å². The first-order valence-electron chi connectivity index (χ1n) is 17.8. The van der Waals surface area contributed by atoms with E-state index in [1.54, 1.807) is 24.0 Å². The average Bonchev–Trinajstić information content (AvgIpc) is 3.67. The van der Waals surface area contributed by atoms with Crippen molar-refractivity contribution in [2.75, 3.05) is 19.7 Å². The van der Waals surface area contributed by atoms with Crippen LogP contribution in [0.4, 0.5) is 0 Å². The largest absolute Gasteiger partial charge is 0.455 e. The molecule has 0 radical (unpaired) electrons. The van der Waals surface area contributed by atoms with Gasteiger partial charge in [-0.05, 0) is 44.1 Å². The maximum atomic E-state index is 14.7. The van der Waals surface area contributed by atoms with Gasteiger partial charge in [0.05, 0.1) is 36.6 Å². The van der Waals surface area contributed by atoms with Crippen LogP contribution in [0.25, 0.3) is 0 Å². The molecule has 10 nitrogen and oxygen atoms in total. The number of nitrogens with one attached hydrogen (secondary N) is 1. The van der Waals surface area contributed by atoms with Crippen molar-refractivity contribution in [3.8, 4) is 0 Å². The number of aliphatic hydroxyl groups is 1. The number of esters is 1. The van der Waals surface area contributed by atoms with Crippen LogP contribution in [0.3, 0.4) is 0 Å². The Morgan fingerprint density at radius 3 is 2.51 bits per heavy atom. The summed E-state index contributed by atoms with van der Waals surface area (Å²) in [6.07, 6.45) is 6.11. The van der Waals surface area contributed by atoms with E-state index in [9.17, 15) is 24.3 Å². The van der Waals surface area contributed by atoms with Crippen molar-refractivity contribution in [2.24, 2.45) is 17.8 Å². The highest BCUT2D eigenvalue weighted by Gasteiger charge is 2.77. The minimum Gasteiger partial charge on any atom is -0.455 e. The first kappa shape index (κ1) is 38.8. The number of fused-ring (bicyclic) bond motifs is 1. The monoisotopic (exact) mass is 743 g/mol. The molecule has 3 amide bonds. The van der Waals surface area contributed by atoms with E-state index in [0.29, 0.717) is 37.9 Å². The molecule has 1 spiro atoms. The molecule has 3 saturated heterocycles. The minimum absolute atomic E-state index is 0.129. The average molecular weight is 745 g/mol. The van der Waals surface area contributed by atoms with Crippen LogP contribution in [0.2, 0.25) is 0 Å². The van der Waals surface area contributed by atoms with Crippen LogP contribution < -0.4 is 5.32 Å². The number of benzene rings is 1. The van der Waals surface area contributed by atoms with Crippen LogP contribution in [0, 0.1) is 17.8 Å². The van der Waals surface area contributed by atoms with Crippen LogP contribution in [0.15, 0.2) is 55.6 Å². The maximum Gasteiger partial charge on any atom is 0.313 e. The number of carbonyl (C=O) groups is 4. The zero-order valence-electron chi connectivity index (χ0n) is 29.4. The second kappa shape index (κ2) is 17.3. The van der Waals surface area contributed by atoms with Crippen molar-refractivity contribution in [3.05, 3.63) is 61.2 Å². The van der Waals surface area contributed by atoms with Gasteiger partial charge in [-0.25, -0.2) is 0 Å². The Morgan fingerprint density at radius 1 is 1.18 bits per heavy atom. The maximum absolute atomic E-state index is 14.7. The predicted molar refractivity (Wildman–Crippen MR) is 191 cm³/mol. The lowest BCUT2D eigenvalue weighted by Crippen LogP contribution is -2.59. The molecule has 11 heteroatoms. The molecule has 3 aliphatic heterocycles. The highest BCUT2D eigenvalue weighted by atomic mass is 79.9. The fraction of sp³-hybridized carbons (Fsp3) is 0.632. The van der Waals surface area contributed by atoms with E-state index in [2.05, 4.69) is 41.3 Å². The topological polar surface area (TPSA) is 125 Å². The first-order chi connectivity index (χ1) is 23.4. The summed E-state index contributed by atoms with van der Waals surface area (Å²) < 4.78 is 13.0. The number of likely N-dealkylation sites (tertiary alicyclic amines) is 1. The van der Waals surface area contributed by atoms with Crippen molar-refractivity contribution in [2.45, 2.75) is 113 Å². The van der Waals surface area contributed by atoms with Crippen LogP contribution >= 0.6 is 15.9 Å². The molecular weight excluding hydrogens is 690 g/mol. The molecule has 2 bridgehead atoms. The molecular formula is C38H54BrN3O7. The molecule has 2 N–H and O–H groups in total. The third-order valence-electron chi connectivity index (χ3n) is 10.1. The van der Waals surface area contributed by atoms with Gasteiger partial charge >= 0.3 is 5.97 Å². The fourth-order valence-corrected chi connectivity index (χ4v) is 8.89. The van der Waals surface area contributed by atoms with E-state index >= 15 is 0 Å². The number of carbonyl (C=O) groups excluding carboxylic acids is 4. The Balaban J connectivity index is 1.73. The lowest BCUT2D eigenvalue weighted by molar-refractivity contribution is -0.162. The van der Waals surface area contributed by atoms with Gasteiger partial charge in [0.1, 0.15) is 17.7 Å². The van der Waals surface area contributed by atoms with Crippen LogP contribution in [-0.4, -0.2) is 93.0 Å². The molecule has 270 valence electrons. The van der Waals surface area contributed by atoms with Gasteiger partial charge in [-0.3, -0.25) is 19.2 Å². The molecule has 0 saturated carbocycles. The lowest BCUT2D eigenvalue weighted by Gasteiger charge is -2.40. The third-order valence-corrected chi connectivity index (χ3v) is 10.9. The van der Waals surface area contributed by atoms with Crippen molar-refractivity contribution < 1.29 is 33.8 Å². The van der Waals surface area contributed by atoms with E-state index < -0.39 is 53.7 Å². The lowest BCUT2D eigenvalue weighted by atomic mass is 9.70. The molecule has 9 atom stereocenters. The fourth-order valence-electron chi connectivity index (χ4n) is 7.94. The molecule has 0 aromatic heterocycles. The van der Waals surface area contributed by atoms with Crippen LogP contribution in [-0.2, 0) is 28.7 Å². The predicted octanol–water partition coefficient (Wildman–Crippen LogP) is 5.10. The Kier molecular flexibility index (Phi) is 13.7. The van der Waals surface area contributed by atoms with Gasteiger partial charge < -0.3 is 29.7 Å². The highest BCUT2D eigenvalue weighted by molar-refractivity contribution is 9.09. The zero-order valence-corrected chi connectivity index (χ0v) is 31.0. The van der Waals surface area contributed by atoms with Gasteiger partial charge in [0.25, 0.3) is 0 Å². The van der Waals surface area contributed by atoms with Crippen molar-refractivity contribution in [3.63, 3.8) is 0 Å². The van der Waals surface area contributed by atoms with E-state index in [1.165, 1.54) is 4.90 Å². The summed E-state index contributed by atoms with van der Waals surface area (Å²) in [6.45, 7) is 15.9. The molecule has 0 aliphatic carbocycles. The number of hydrogen-bond acceptors (Lipinski definition) is 7. The molecule has 1 unspecified atom stereocenters. The first-order valence-corrected chi connectivity index (χ1v) is 18.7. The SMILES string of the molecule is C=CCCC(=O)N[C@H](C)[C@@H](OC(=O)[C@H]1[C@@H]2O[C@@]3(CC2Br)[C@@H]1C(=O)N([C@@H](CO)CC(C)C)[C@@H]3C(=O)N(CC=C)CCCCC)c1ccccc1. The van der Waals surface area contributed by atoms with Crippen LogP contribution in [0.1, 0.15) is 84.3 Å². The number of ether oxygens (including phenoxy) is 2. The van der Waals surface area contributed by atoms with Gasteiger partial charge in [0, 0.05) is 24.3 Å². The van der Waals surface area contributed by atoms with Gasteiger partial charge in [0.15, 0.2) is 0 Å². The van der Waals surface area contributed by atoms with Gasteiger partial charge in [-0.1, -0.05) is 92.0 Å². The zero-order chi connectivity index (χ0) is 35.9. The number of unbranched alkanes of at least 4 members (excludes halogenated alkanes) is 2.